The van der Waals surface area contributed by atoms with Gasteiger partial charge in [0.05, 0.1) is 5.03 Å². The molecule has 5 nitrogen and oxygen atoms in total. The zero-order valence-corrected chi connectivity index (χ0v) is 15.1. The molecule has 1 aromatic heterocycles. The lowest BCUT2D eigenvalue weighted by atomic mass is 10.1. The molecule has 0 saturated carbocycles. The van der Waals surface area contributed by atoms with Gasteiger partial charge in [-0.25, -0.2) is 4.79 Å². The second kappa shape index (κ2) is 7.72. The molecule has 0 fully saturated rings. The van der Waals surface area contributed by atoms with Crippen LogP contribution in [0, 0.1) is 0 Å². The molecule has 0 saturated heterocycles. The molecule has 0 aliphatic carbocycles. The van der Waals surface area contributed by atoms with E-state index in [0.29, 0.717) is 23.6 Å². The third-order valence-corrected chi connectivity index (χ3v) is 5.21. The lowest BCUT2D eigenvalue weighted by Crippen LogP contribution is -2.34. The molecule has 3 aromatic rings. The lowest BCUT2D eigenvalue weighted by molar-refractivity contribution is 0.0779. The fourth-order valence-electron chi connectivity index (χ4n) is 2.71. The number of hydrogen-bond acceptors (Lipinski definition) is 4. The number of benzene rings is 2. The summed E-state index contributed by atoms with van der Waals surface area (Å²) in [5, 5.41) is 2.85. The van der Waals surface area contributed by atoms with E-state index in [1.807, 2.05) is 56.3 Å². The summed E-state index contributed by atoms with van der Waals surface area (Å²) >= 11 is 1.44. The first-order valence-electron chi connectivity index (χ1n) is 8.25. The van der Waals surface area contributed by atoms with E-state index >= 15 is 0 Å². The van der Waals surface area contributed by atoms with Gasteiger partial charge in [-0.3, -0.25) is 14.3 Å². The molecule has 6 heteroatoms. The maximum atomic E-state index is 12.3. The molecule has 0 aliphatic heterocycles. The van der Waals surface area contributed by atoms with Crippen LogP contribution >= 0.6 is 11.8 Å². The number of aromatic nitrogens is 2. The van der Waals surface area contributed by atoms with Gasteiger partial charge in [-0.2, -0.15) is 0 Å². The summed E-state index contributed by atoms with van der Waals surface area (Å²) in [6, 6.07) is 14.1. The molecule has 0 aliphatic rings. The third-order valence-electron chi connectivity index (χ3n) is 3.98. The fourth-order valence-corrected chi connectivity index (χ4v) is 3.97. The van der Waals surface area contributed by atoms with Crippen LogP contribution in [-0.4, -0.2) is 16.2 Å². The van der Waals surface area contributed by atoms with E-state index in [-0.39, 0.29) is 12.3 Å². The van der Waals surface area contributed by atoms with E-state index in [1.165, 1.54) is 16.3 Å². The van der Waals surface area contributed by atoms with Crippen molar-refractivity contribution in [1.29, 1.82) is 0 Å². The number of nitrogens with one attached hydrogen (secondary N) is 1. The third kappa shape index (κ3) is 3.55. The molecule has 1 heterocycles. The van der Waals surface area contributed by atoms with Gasteiger partial charge in [0.2, 0.25) is 0 Å². The first-order chi connectivity index (χ1) is 12.2. The molecule has 0 unspecified atom stereocenters. The number of hydrogen-bond donors (Lipinski definition) is 1. The molecule has 3 rings (SSSR count). The smallest absolute Gasteiger partial charge is 0.331 e. The van der Waals surface area contributed by atoms with Crippen molar-refractivity contribution in [1.82, 2.24) is 9.55 Å². The van der Waals surface area contributed by atoms with E-state index in [0.717, 1.165) is 15.7 Å². The number of rotatable bonds is 6. The Labute approximate surface area is 149 Å². The maximum absolute atomic E-state index is 12.3. The number of nitrogens with zero attached hydrogens (tertiary/aromatic N) is 1. The van der Waals surface area contributed by atoms with E-state index < -0.39 is 5.69 Å². The number of fused-ring (bicyclic) bond motifs is 1. The maximum Gasteiger partial charge on any atom is 0.331 e. The summed E-state index contributed by atoms with van der Waals surface area (Å²) in [7, 11) is 0. The number of H-pyrrole nitrogens is 1. The van der Waals surface area contributed by atoms with Gasteiger partial charge in [0.15, 0.2) is 0 Å². The molecule has 0 amide bonds. The zero-order chi connectivity index (χ0) is 17.8. The largest absolute Gasteiger partial charge is 0.361 e. The minimum Gasteiger partial charge on any atom is -0.361 e. The Bertz CT molecular complexity index is 1000. The average Bonchev–Trinajstić information content (AvgIpc) is 2.62. The highest BCUT2D eigenvalue weighted by Crippen LogP contribution is 2.34. The number of ether oxygens (including phenoxy) is 1. The molecule has 0 spiro atoms. The summed E-state index contributed by atoms with van der Waals surface area (Å²) in [4.78, 5) is 27.9. The number of aromatic amines is 1. The van der Waals surface area contributed by atoms with Crippen LogP contribution in [0.3, 0.4) is 0 Å². The Kier molecular flexibility index (Phi) is 5.40. The predicted octanol–water partition coefficient (Wildman–Crippen LogP) is 3.40. The standard InChI is InChI=1S/C19H20N2O3S/c1-3-14-17(22)20-19(23)21(12-24-4-2)18(14)25-16-11-7-9-13-8-5-6-10-15(13)16/h5-11H,3-4,12H2,1-2H3,(H,20,22,23). The van der Waals surface area contributed by atoms with Crippen LogP contribution in [0.5, 0.6) is 0 Å². The van der Waals surface area contributed by atoms with Gasteiger partial charge < -0.3 is 4.74 Å². The van der Waals surface area contributed by atoms with Gasteiger partial charge in [-0.05, 0) is 30.2 Å². The van der Waals surface area contributed by atoms with Crippen LogP contribution in [0.15, 0.2) is 62.0 Å². The molecule has 130 valence electrons. The van der Waals surface area contributed by atoms with Crippen molar-refractivity contribution in [2.45, 2.75) is 36.9 Å². The molecule has 25 heavy (non-hydrogen) atoms. The van der Waals surface area contributed by atoms with Gasteiger partial charge in [-0.1, -0.05) is 55.1 Å². The van der Waals surface area contributed by atoms with Crippen molar-refractivity contribution >= 4 is 22.5 Å². The molecule has 1 N–H and O–H groups in total. The minimum atomic E-state index is -0.446. The van der Waals surface area contributed by atoms with E-state index in [9.17, 15) is 9.59 Å². The fraction of sp³-hybridized carbons (Fsp3) is 0.263. The van der Waals surface area contributed by atoms with Crippen molar-refractivity contribution < 1.29 is 4.74 Å². The Balaban J connectivity index is 2.18. The van der Waals surface area contributed by atoms with Gasteiger partial charge in [0.25, 0.3) is 5.56 Å². The second-order valence-electron chi connectivity index (χ2n) is 5.53. The van der Waals surface area contributed by atoms with E-state index in [1.54, 1.807) is 0 Å². The summed E-state index contributed by atoms with van der Waals surface area (Å²) in [5.74, 6) is 0. The summed E-state index contributed by atoms with van der Waals surface area (Å²) in [6.45, 7) is 4.39. The molecule has 0 bridgehead atoms. The van der Waals surface area contributed by atoms with Gasteiger partial charge in [0.1, 0.15) is 6.73 Å². The van der Waals surface area contributed by atoms with Crippen LogP contribution < -0.4 is 11.2 Å². The van der Waals surface area contributed by atoms with Crippen LogP contribution in [0.1, 0.15) is 19.4 Å². The zero-order valence-electron chi connectivity index (χ0n) is 14.2. The van der Waals surface area contributed by atoms with Crippen molar-refractivity contribution in [2.24, 2.45) is 0 Å². The topological polar surface area (TPSA) is 64.1 Å². The predicted molar refractivity (Wildman–Crippen MR) is 100 cm³/mol. The SMILES string of the molecule is CCOCn1c(Sc2cccc3ccccc23)c(CC)c(=O)[nH]c1=O. The van der Waals surface area contributed by atoms with E-state index in [2.05, 4.69) is 4.98 Å². The van der Waals surface area contributed by atoms with Gasteiger partial charge in [0, 0.05) is 17.1 Å². The highest BCUT2D eigenvalue weighted by molar-refractivity contribution is 7.99. The first kappa shape index (κ1) is 17.5. The van der Waals surface area contributed by atoms with Gasteiger partial charge in [-0.15, -0.1) is 0 Å². The van der Waals surface area contributed by atoms with Crippen LogP contribution in [0.2, 0.25) is 0 Å². The second-order valence-corrected chi connectivity index (χ2v) is 6.56. The quantitative estimate of drug-likeness (QED) is 0.688. The normalized spacial score (nSPS) is 11.1. The molecular formula is C19H20N2O3S. The lowest BCUT2D eigenvalue weighted by Gasteiger charge is -2.15. The average molecular weight is 356 g/mol. The summed E-state index contributed by atoms with van der Waals surface area (Å²) in [5.41, 5.74) is -0.182. The summed E-state index contributed by atoms with van der Waals surface area (Å²) < 4.78 is 6.93. The minimum absolute atomic E-state index is 0.117. The van der Waals surface area contributed by atoms with Crippen molar-refractivity contribution in [3.8, 4) is 0 Å². The van der Waals surface area contributed by atoms with E-state index in [4.69, 9.17) is 4.74 Å². The van der Waals surface area contributed by atoms with Gasteiger partial charge >= 0.3 is 5.69 Å². The Morgan fingerprint density at radius 2 is 1.84 bits per heavy atom. The molecule has 2 aromatic carbocycles. The molecular weight excluding hydrogens is 336 g/mol. The Morgan fingerprint density at radius 1 is 1.08 bits per heavy atom. The molecule has 0 radical (unpaired) electrons. The Hall–Kier alpha value is -2.31. The van der Waals surface area contributed by atoms with Crippen LogP contribution in [0.4, 0.5) is 0 Å². The highest BCUT2D eigenvalue weighted by atomic mass is 32.2. The van der Waals surface area contributed by atoms with Crippen LogP contribution in [-0.2, 0) is 17.9 Å². The molecule has 0 atom stereocenters. The van der Waals surface area contributed by atoms with Crippen molar-refractivity contribution in [2.75, 3.05) is 6.61 Å². The van der Waals surface area contributed by atoms with Crippen molar-refractivity contribution in [3.05, 3.63) is 68.9 Å². The highest BCUT2D eigenvalue weighted by Gasteiger charge is 2.16. The summed E-state index contributed by atoms with van der Waals surface area (Å²) in [6.07, 6.45) is 0.537. The first-order valence-corrected chi connectivity index (χ1v) is 9.06. The van der Waals surface area contributed by atoms with Crippen molar-refractivity contribution in [3.63, 3.8) is 0 Å². The van der Waals surface area contributed by atoms with Crippen LogP contribution in [0.25, 0.3) is 10.8 Å². The Morgan fingerprint density at radius 3 is 2.60 bits per heavy atom. The monoisotopic (exact) mass is 356 g/mol.